The second kappa shape index (κ2) is 5.63. The van der Waals surface area contributed by atoms with Crippen LogP contribution in [0.2, 0.25) is 5.02 Å². The third kappa shape index (κ3) is 3.17. The maximum atomic E-state index is 11.4. The van der Waals surface area contributed by atoms with E-state index in [-0.39, 0.29) is 0 Å². The zero-order valence-corrected chi connectivity index (χ0v) is 11.1. The Morgan fingerprint density at radius 1 is 1.21 bits per heavy atom. The number of carbonyl (C=O) groups is 1. The van der Waals surface area contributed by atoms with Crippen LogP contribution in [0.15, 0.2) is 42.5 Å². The molecule has 4 nitrogen and oxygen atoms in total. The number of esters is 1. The second-order valence-corrected chi connectivity index (χ2v) is 4.36. The zero-order valence-electron chi connectivity index (χ0n) is 10.3. The monoisotopic (exact) mass is 276 g/mol. The molecule has 5 heteroatoms. The number of halogens is 1. The molecular weight excluding hydrogens is 264 g/mol. The maximum Gasteiger partial charge on any atom is 0.337 e. The van der Waals surface area contributed by atoms with Crippen LogP contribution in [0.1, 0.15) is 10.4 Å². The SMILES string of the molecule is COC(=O)c1ccc(Nc2ccc(Cl)cc2)c(N)c1. The van der Waals surface area contributed by atoms with Gasteiger partial charge in [0.15, 0.2) is 0 Å². The maximum absolute atomic E-state index is 11.4. The Bertz CT molecular complexity index is 597. The van der Waals surface area contributed by atoms with Gasteiger partial charge in [-0.3, -0.25) is 0 Å². The number of nitrogens with one attached hydrogen (secondary N) is 1. The van der Waals surface area contributed by atoms with Crippen LogP contribution >= 0.6 is 11.6 Å². The standard InChI is InChI=1S/C14H13ClN2O2/c1-19-14(18)9-2-7-13(12(16)8-9)17-11-5-3-10(15)4-6-11/h2-8,17H,16H2,1H3. The summed E-state index contributed by atoms with van der Waals surface area (Å²) in [5.41, 5.74) is 8.36. The predicted molar refractivity (Wildman–Crippen MR) is 76.9 cm³/mol. The molecule has 0 bridgehead atoms. The van der Waals surface area contributed by atoms with Crippen LogP contribution in [0.4, 0.5) is 17.1 Å². The molecule has 2 rings (SSSR count). The van der Waals surface area contributed by atoms with Crippen LogP contribution in [0.3, 0.4) is 0 Å². The fourth-order valence-corrected chi connectivity index (χ4v) is 1.74. The third-order valence-electron chi connectivity index (χ3n) is 2.60. The lowest BCUT2D eigenvalue weighted by molar-refractivity contribution is 0.0601. The quantitative estimate of drug-likeness (QED) is 0.666. The van der Waals surface area contributed by atoms with Crippen LogP contribution in [0.5, 0.6) is 0 Å². The number of benzene rings is 2. The van der Waals surface area contributed by atoms with Gasteiger partial charge in [0.25, 0.3) is 0 Å². The molecule has 2 aromatic rings. The van der Waals surface area contributed by atoms with Crippen molar-refractivity contribution in [2.45, 2.75) is 0 Å². The molecule has 0 atom stereocenters. The number of carbonyl (C=O) groups excluding carboxylic acids is 1. The van der Waals surface area contributed by atoms with Crippen molar-refractivity contribution in [2.75, 3.05) is 18.2 Å². The average Bonchev–Trinajstić information content (AvgIpc) is 2.42. The smallest absolute Gasteiger partial charge is 0.337 e. The first kappa shape index (κ1) is 13.2. The molecule has 0 unspecified atom stereocenters. The molecule has 19 heavy (non-hydrogen) atoms. The molecule has 98 valence electrons. The van der Waals surface area contributed by atoms with Gasteiger partial charge in [0.1, 0.15) is 0 Å². The number of nitrogen functional groups attached to an aromatic ring is 1. The van der Waals surface area contributed by atoms with Crippen molar-refractivity contribution in [3.63, 3.8) is 0 Å². The minimum atomic E-state index is -0.412. The van der Waals surface area contributed by atoms with Crippen LogP contribution in [0, 0.1) is 0 Å². The topological polar surface area (TPSA) is 64.3 Å². The van der Waals surface area contributed by atoms with Gasteiger partial charge >= 0.3 is 5.97 Å². The van der Waals surface area contributed by atoms with Gasteiger partial charge in [-0.2, -0.15) is 0 Å². The van der Waals surface area contributed by atoms with Crippen molar-refractivity contribution in [1.82, 2.24) is 0 Å². The molecule has 0 saturated heterocycles. The summed E-state index contributed by atoms with van der Waals surface area (Å²) in [6.07, 6.45) is 0. The number of rotatable bonds is 3. The van der Waals surface area contributed by atoms with E-state index in [0.717, 1.165) is 11.4 Å². The first-order valence-electron chi connectivity index (χ1n) is 5.60. The number of nitrogens with two attached hydrogens (primary N) is 1. The fraction of sp³-hybridized carbons (Fsp3) is 0.0714. The van der Waals surface area contributed by atoms with Gasteiger partial charge in [-0.25, -0.2) is 4.79 Å². The van der Waals surface area contributed by atoms with Gasteiger partial charge in [-0.15, -0.1) is 0 Å². The number of hydrogen-bond donors (Lipinski definition) is 2. The fourth-order valence-electron chi connectivity index (χ4n) is 1.61. The Morgan fingerprint density at radius 2 is 1.89 bits per heavy atom. The molecular formula is C14H13ClN2O2. The highest BCUT2D eigenvalue weighted by molar-refractivity contribution is 6.30. The number of methoxy groups -OCH3 is 1. The van der Waals surface area contributed by atoms with Gasteiger partial charge in [0, 0.05) is 10.7 Å². The minimum Gasteiger partial charge on any atom is -0.465 e. The van der Waals surface area contributed by atoms with Crippen molar-refractivity contribution in [2.24, 2.45) is 0 Å². The Labute approximate surface area is 116 Å². The molecule has 3 N–H and O–H groups in total. The van der Waals surface area contributed by atoms with E-state index in [4.69, 9.17) is 17.3 Å². The second-order valence-electron chi connectivity index (χ2n) is 3.93. The lowest BCUT2D eigenvalue weighted by atomic mass is 10.1. The number of ether oxygens (including phenoxy) is 1. The molecule has 2 aromatic carbocycles. The van der Waals surface area contributed by atoms with E-state index < -0.39 is 5.97 Å². The van der Waals surface area contributed by atoms with Crippen molar-refractivity contribution in [3.8, 4) is 0 Å². The van der Waals surface area contributed by atoms with Gasteiger partial charge < -0.3 is 15.8 Å². The first-order chi connectivity index (χ1) is 9.10. The predicted octanol–water partition coefficient (Wildman–Crippen LogP) is 3.45. The lowest BCUT2D eigenvalue weighted by Crippen LogP contribution is -2.03. The highest BCUT2D eigenvalue weighted by Gasteiger charge is 2.08. The molecule has 0 aliphatic carbocycles. The molecule has 0 aromatic heterocycles. The third-order valence-corrected chi connectivity index (χ3v) is 2.85. The summed E-state index contributed by atoms with van der Waals surface area (Å²) in [5.74, 6) is -0.412. The molecule has 0 radical (unpaired) electrons. The lowest BCUT2D eigenvalue weighted by Gasteiger charge is -2.10. The first-order valence-corrected chi connectivity index (χ1v) is 5.98. The number of hydrogen-bond acceptors (Lipinski definition) is 4. The summed E-state index contributed by atoms with van der Waals surface area (Å²) in [7, 11) is 1.33. The van der Waals surface area contributed by atoms with E-state index in [1.54, 1.807) is 30.3 Å². The van der Waals surface area contributed by atoms with Crippen LogP contribution in [-0.2, 0) is 4.74 Å². The summed E-state index contributed by atoms with van der Waals surface area (Å²) >= 11 is 5.81. The summed E-state index contributed by atoms with van der Waals surface area (Å²) in [5, 5.41) is 3.81. The molecule has 0 aliphatic heterocycles. The zero-order chi connectivity index (χ0) is 13.8. The van der Waals surface area contributed by atoms with Gasteiger partial charge in [0.2, 0.25) is 0 Å². The largest absolute Gasteiger partial charge is 0.465 e. The van der Waals surface area contributed by atoms with E-state index in [2.05, 4.69) is 10.1 Å². The number of anilines is 3. The van der Waals surface area contributed by atoms with Crippen LogP contribution < -0.4 is 11.1 Å². The molecule has 0 spiro atoms. The van der Waals surface area contributed by atoms with Crippen molar-refractivity contribution in [3.05, 3.63) is 53.1 Å². The Kier molecular flexibility index (Phi) is 3.92. The average molecular weight is 277 g/mol. The minimum absolute atomic E-state index is 0.412. The Morgan fingerprint density at radius 3 is 2.47 bits per heavy atom. The highest BCUT2D eigenvalue weighted by Crippen LogP contribution is 2.25. The van der Waals surface area contributed by atoms with E-state index in [0.29, 0.717) is 16.3 Å². The molecule has 0 aliphatic rings. The van der Waals surface area contributed by atoms with Gasteiger partial charge in [0.05, 0.1) is 24.0 Å². The summed E-state index contributed by atoms with van der Waals surface area (Å²) in [6, 6.07) is 12.2. The molecule has 0 fully saturated rings. The Hall–Kier alpha value is -2.20. The molecule has 0 heterocycles. The summed E-state index contributed by atoms with van der Waals surface area (Å²) < 4.78 is 4.63. The molecule has 0 saturated carbocycles. The Balaban J connectivity index is 2.22. The normalized spacial score (nSPS) is 10.0. The van der Waals surface area contributed by atoms with Gasteiger partial charge in [-0.1, -0.05) is 11.6 Å². The van der Waals surface area contributed by atoms with Crippen molar-refractivity contribution < 1.29 is 9.53 Å². The summed E-state index contributed by atoms with van der Waals surface area (Å²) in [4.78, 5) is 11.4. The van der Waals surface area contributed by atoms with Gasteiger partial charge in [-0.05, 0) is 42.5 Å². The van der Waals surface area contributed by atoms with E-state index in [1.807, 2.05) is 12.1 Å². The summed E-state index contributed by atoms with van der Waals surface area (Å²) in [6.45, 7) is 0. The highest BCUT2D eigenvalue weighted by atomic mass is 35.5. The van der Waals surface area contributed by atoms with Crippen LogP contribution in [0.25, 0.3) is 0 Å². The van der Waals surface area contributed by atoms with Crippen molar-refractivity contribution in [1.29, 1.82) is 0 Å². The van der Waals surface area contributed by atoms with E-state index in [9.17, 15) is 4.79 Å². The van der Waals surface area contributed by atoms with Crippen molar-refractivity contribution >= 4 is 34.6 Å². The van der Waals surface area contributed by atoms with E-state index >= 15 is 0 Å². The molecule has 0 amide bonds. The van der Waals surface area contributed by atoms with Crippen LogP contribution in [-0.4, -0.2) is 13.1 Å². The van der Waals surface area contributed by atoms with E-state index in [1.165, 1.54) is 7.11 Å².